The summed E-state index contributed by atoms with van der Waals surface area (Å²) < 4.78 is 10.4. The molecule has 0 spiro atoms. The Morgan fingerprint density at radius 3 is 2.28 bits per heavy atom. The average Bonchev–Trinajstić information content (AvgIpc) is 2.81. The van der Waals surface area contributed by atoms with Crippen LogP contribution in [0.5, 0.6) is 11.5 Å². The molecular formula is C25H26N2O4S. The number of hydrogen-bond donors (Lipinski definition) is 2. The van der Waals surface area contributed by atoms with Gasteiger partial charge in [-0.1, -0.05) is 12.1 Å². The number of nitrogens with one attached hydrogen (secondary N) is 2. The van der Waals surface area contributed by atoms with E-state index in [1.807, 2.05) is 56.3 Å². The summed E-state index contributed by atoms with van der Waals surface area (Å²) in [6.07, 6.45) is 0. The topological polar surface area (TPSA) is 76.7 Å². The predicted octanol–water partition coefficient (Wildman–Crippen LogP) is 5.30. The summed E-state index contributed by atoms with van der Waals surface area (Å²) in [5.74, 6) is 1.04. The molecule has 0 aliphatic rings. The Bertz CT molecular complexity index is 1110. The van der Waals surface area contributed by atoms with E-state index in [1.165, 1.54) is 18.9 Å². The maximum atomic E-state index is 12.5. The summed E-state index contributed by atoms with van der Waals surface area (Å²) in [6, 6.07) is 18.2. The Morgan fingerprint density at radius 1 is 0.875 bits per heavy atom. The van der Waals surface area contributed by atoms with Crippen molar-refractivity contribution in [2.24, 2.45) is 0 Å². The van der Waals surface area contributed by atoms with E-state index < -0.39 is 0 Å². The lowest BCUT2D eigenvalue weighted by Gasteiger charge is -2.11. The van der Waals surface area contributed by atoms with Crippen LogP contribution in [-0.2, 0) is 4.79 Å². The summed E-state index contributed by atoms with van der Waals surface area (Å²) in [6.45, 7) is 4.01. The fourth-order valence-electron chi connectivity index (χ4n) is 3.04. The highest BCUT2D eigenvalue weighted by molar-refractivity contribution is 8.00. The molecule has 0 radical (unpaired) electrons. The van der Waals surface area contributed by atoms with E-state index in [2.05, 4.69) is 10.6 Å². The molecule has 2 N–H and O–H groups in total. The number of thioether (sulfide) groups is 1. The van der Waals surface area contributed by atoms with Crippen LogP contribution in [-0.4, -0.2) is 31.8 Å². The second-order valence-electron chi connectivity index (χ2n) is 7.13. The summed E-state index contributed by atoms with van der Waals surface area (Å²) in [4.78, 5) is 25.8. The van der Waals surface area contributed by atoms with E-state index in [9.17, 15) is 9.59 Å². The van der Waals surface area contributed by atoms with Crippen molar-refractivity contribution in [3.63, 3.8) is 0 Å². The SMILES string of the molecule is COc1ccc(C(=O)Nc2ccc(SCC(=O)Nc3cccc(C)c3C)cc2)cc1OC. The molecule has 0 aliphatic heterocycles. The van der Waals surface area contributed by atoms with Crippen LogP contribution in [0.15, 0.2) is 65.6 Å². The van der Waals surface area contributed by atoms with E-state index >= 15 is 0 Å². The van der Waals surface area contributed by atoms with Crippen molar-refractivity contribution in [2.75, 3.05) is 30.6 Å². The van der Waals surface area contributed by atoms with Gasteiger partial charge >= 0.3 is 0 Å². The van der Waals surface area contributed by atoms with Crippen molar-refractivity contribution in [1.29, 1.82) is 0 Å². The Morgan fingerprint density at radius 2 is 1.59 bits per heavy atom. The first kappa shape index (κ1) is 23.2. The molecule has 0 saturated heterocycles. The van der Waals surface area contributed by atoms with Crippen LogP contribution in [0, 0.1) is 13.8 Å². The van der Waals surface area contributed by atoms with Gasteiger partial charge in [0.25, 0.3) is 5.91 Å². The van der Waals surface area contributed by atoms with Crippen LogP contribution in [0.25, 0.3) is 0 Å². The van der Waals surface area contributed by atoms with Gasteiger partial charge in [-0.25, -0.2) is 0 Å². The van der Waals surface area contributed by atoms with Gasteiger partial charge < -0.3 is 20.1 Å². The zero-order valence-corrected chi connectivity index (χ0v) is 19.3. The van der Waals surface area contributed by atoms with Gasteiger partial charge in [0, 0.05) is 21.8 Å². The number of carbonyl (C=O) groups is 2. The first-order valence-electron chi connectivity index (χ1n) is 10.0. The number of rotatable bonds is 8. The highest BCUT2D eigenvalue weighted by Crippen LogP contribution is 2.28. The zero-order chi connectivity index (χ0) is 23.1. The molecule has 3 rings (SSSR count). The molecule has 2 amide bonds. The minimum Gasteiger partial charge on any atom is -0.493 e. The first-order chi connectivity index (χ1) is 15.4. The van der Waals surface area contributed by atoms with Gasteiger partial charge in [0.2, 0.25) is 5.91 Å². The van der Waals surface area contributed by atoms with Crippen LogP contribution in [0.3, 0.4) is 0 Å². The Balaban J connectivity index is 1.55. The van der Waals surface area contributed by atoms with Gasteiger partial charge in [-0.2, -0.15) is 0 Å². The van der Waals surface area contributed by atoms with Gasteiger partial charge in [0.05, 0.1) is 20.0 Å². The third-order valence-electron chi connectivity index (χ3n) is 5.01. The van der Waals surface area contributed by atoms with Gasteiger partial charge in [-0.05, 0) is 73.5 Å². The molecule has 0 aliphatic carbocycles. The molecule has 6 nitrogen and oxygen atoms in total. The van der Waals surface area contributed by atoms with E-state index in [1.54, 1.807) is 25.3 Å². The molecule has 166 valence electrons. The van der Waals surface area contributed by atoms with Crippen LogP contribution in [0.1, 0.15) is 21.5 Å². The molecule has 32 heavy (non-hydrogen) atoms. The minimum atomic E-state index is -0.251. The number of carbonyl (C=O) groups excluding carboxylic acids is 2. The standard InChI is InChI=1S/C25H26N2O4S/c1-16-6-5-7-21(17(16)2)27-24(28)15-32-20-11-9-19(10-12-20)26-25(29)18-8-13-22(30-3)23(14-18)31-4/h5-14H,15H2,1-4H3,(H,26,29)(H,27,28). The summed E-state index contributed by atoms with van der Waals surface area (Å²) in [5.41, 5.74) is 4.17. The number of anilines is 2. The summed E-state index contributed by atoms with van der Waals surface area (Å²) in [5, 5.41) is 5.82. The Labute approximate surface area is 192 Å². The lowest BCUT2D eigenvalue weighted by Crippen LogP contribution is -2.15. The number of amides is 2. The molecule has 7 heteroatoms. The third kappa shape index (κ3) is 5.82. The normalized spacial score (nSPS) is 10.4. The molecule has 0 aromatic heterocycles. The number of hydrogen-bond acceptors (Lipinski definition) is 5. The van der Waals surface area contributed by atoms with Crippen LogP contribution < -0.4 is 20.1 Å². The number of benzene rings is 3. The fraction of sp³-hybridized carbons (Fsp3) is 0.200. The van der Waals surface area contributed by atoms with Crippen LogP contribution in [0.4, 0.5) is 11.4 Å². The molecule has 0 bridgehead atoms. The first-order valence-corrected chi connectivity index (χ1v) is 11.0. The predicted molar refractivity (Wildman–Crippen MR) is 129 cm³/mol. The number of aryl methyl sites for hydroxylation is 1. The highest BCUT2D eigenvalue weighted by Gasteiger charge is 2.11. The maximum absolute atomic E-state index is 12.5. The molecule has 3 aromatic carbocycles. The van der Waals surface area contributed by atoms with Crippen molar-refractivity contribution in [3.8, 4) is 11.5 Å². The third-order valence-corrected chi connectivity index (χ3v) is 6.02. The van der Waals surface area contributed by atoms with Crippen molar-refractivity contribution >= 4 is 35.0 Å². The van der Waals surface area contributed by atoms with Crippen LogP contribution in [0.2, 0.25) is 0 Å². The average molecular weight is 451 g/mol. The van der Waals surface area contributed by atoms with E-state index in [-0.39, 0.29) is 11.8 Å². The lowest BCUT2D eigenvalue weighted by molar-refractivity contribution is -0.113. The van der Waals surface area contributed by atoms with Crippen LogP contribution >= 0.6 is 11.8 Å². The minimum absolute atomic E-state index is 0.0606. The Kier molecular flexibility index (Phi) is 7.78. The number of methoxy groups -OCH3 is 2. The van der Waals surface area contributed by atoms with E-state index in [0.717, 1.165) is 21.7 Å². The van der Waals surface area contributed by atoms with Gasteiger partial charge in [0.1, 0.15) is 0 Å². The zero-order valence-electron chi connectivity index (χ0n) is 18.5. The Hall–Kier alpha value is -3.45. The van der Waals surface area contributed by atoms with Crippen molar-refractivity contribution in [2.45, 2.75) is 18.7 Å². The van der Waals surface area contributed by atoms with Gasteiger partial charge in [0.15, 0.2) is 11.5 Å². The number of ether oxygens (including phenoxy) is 2. The second kappa shape index (κ2) is 10.7. The quantitative estimate of drug-likeness (QED) is 0.455. The highest BCUT2D eigenvalue weighted by atomic mass is 32.2. The van der Waals surface area contributed by atoms with Crippen molar-refractivity contribution < 1.29 is 19.1 Å². The molecule has 0 atom stereocenters. The molecule has 0 heterocycles. The largest absolute Gasteiger partial charge is 0.493 e. The maximum Gasteiger partial charge on any atom is 0.255 e. The fourth-order valence-corrected chi connectivity index (χ4v) is 3.74. The van der Waals surface area contributed by atoms with Crippen molar-refractivity contribution in [1.82, 2.24) is 0 Å². The summed E-state index contributed by atoms with van der Waals surface area (Å²) >= 11 is 1.44. The monoisotopic (exact) mass is 450 g/mol. The van der Waals surface area contributed by atoms with Gasteiger partial charge in [-0.15, -0.1) is 11.8 Å². The lowest BCUT2D eigenvalue weighted by atomic mass is 10.1. The van der Waals surface area contributed by atoms with Crippen molar-refractivity contribution in [3.05, 3.63) is 77.4 Å². The van der Waals surface area contributed by atoms with E-state index in [4.69, 9.17) is 9.47 Å². The molecule has 0 unspecified atom stereocenters. The van der Waals surface area contributed by atoms with E-state index in [0.29, 0.717) is 28.5 Å². The molecule has 0 saturated carbocycles. The second-order valence-corrected chi connectivity index (χ2v) is 8.18. The summed E-state index contributed by atoms with van der Waals surface area (Å²) in [7, 11) is 3.07. The molecular weight excluding hydrogens is 424 g/mol. The molecule has 3 aromatic rings. The van der Waals surface area contributed by atoms with Gasteiger partial charge in [-0.3, -0.25) is 9.59 Å². The molecule has 0 fully saturated rings. The smallest absolute Gasteiger partial charge is 0.255 e.